The highest BCUT2D eigenvalue weighted by Crippen LogP contribution is 2.22. The lowest BCUT2D eigenvalue weighted by Gasteiger charge is -2.34. The largest absolute Gasteiger partial charge is 0.369 e. The lowest BCUT2D eigenvalue weighted by atomic mass is 10.1. The van der Waals surface area contributed by atoms with Crippen LogP contribution in [-0.2, 0) is 21.4 Å². The molecule has 0 unspecified atom stereocenters. The number of hydrogen-bond acceptors (Lipinski definition) is 5. The number of halogens is 1. The fraction of sp³-hybridized carbons (Fsp3) is 0.409. The van der Waals surface area contributed by atoms with Crippen molar-refractivity contribution >= 4 is 27.3 Å². The van der Waals surface area contributed by atoms with Gasteiger partial charge in [-0.3, -0.25) is 9.10 Å². The van der Waals surface area contributed by atoms with E-state index in [9.17, 15) is 17.6 Å². The van der Waals surface area contributed by atoms with E-state index in [0.717, 1.165) is 54.1 Å². The minimum atomic E-state index is -3.79. The maximum Gasteiger partial charge on any atom is 0.243 e. The molecule has 1 aliphatic rings. The molecule has 9 heteroatoms. The van der Waals surface area contributed by atoms with Gasteiger partial charge in [0.05, 0.1) is 11.9 Å². The van der Waals surface area contributed by atoms with Gasteiger partial charge in [0.15, 0.2) is 0 Å². The number of nitrogens with zero attached hydrogens (tertiary/aromatic N) is 3. The van der Waals surface area contributed by atoms with E-state index in [0.29, 0.717) is 0 Å². The van der Waals surface area contributed by atoms with Gasteiger partial charge in [-0.05, 0) is 49.9 Å². The normalized spacial score (nSPS) is 16.1. The van der Waals surface area contributed by atoms with E-state index in [1.807, 2.05) is 24.3 Å². The lowest BCUT2D eigenvalue weighted by molar-refractivity contribution is -0.122. The van der Waals surface area contributed by atoms with Crippen molar-refractivity contribution in [2.45, 2.75) is 19.5 Å². The third-order valence-electron chi connectivity index (χ3n) is 5.42. The molecule has 1 aliphatic heterocycles. The first kappa shape index (κ1) is 23.0. The van der Waals surface area contributed by atoms with Gasteiger partial charge in [-0.1, -0.05) is 18.2 Å². The summed E-state index contributed by atoms with van der Waals surface area (Å²) in [7, 11) is -1.67. The number of rotatable bonds is 7. The van der Waals surface area contributed by atoms with Crippen LogP contribution in [0, 0.1) is 5.82 Å². The number of benzene rings is 2. The zero-order chi connectivity index (χ0) is 22.6. The molecule has 0 spiro atoms. The van der Waals surface area contributed by atoms with Crippen molar-refractivity contribution in [1.82, 2.24) is 10.2 Å². The number of nitrogens with one attached hydrogen (secondary N) is 1. The van der Waals surface area contributed by atoms with E-state index >= 15 is 0 Å². The van der Waals surface area contributed by atoms with Gasteiger partial charge in [0.2, 0.25) is 15.9 Å². The number of amides is 1. The number of likely N-dealkylation sites (N-methyl/N-ethyl adjacent to an activating group) is 1. The molecule has 0 bridgehead atoms. The molecule has 2 aromatic rings. The van der Waals surface area contributed by atoms with Crippen molar-refractivity contribution in [3.63, 3.8) is 0 Å². The molecule has 0 aliphatic carbocycles. The third-order valence-corrected chi connectivity index (χ3v) is 6.66. The van der Waals surface area contributed by atoms with Crippen molar-refractivity contribution in [3.05, 3.63) is 59.9 Å². The molecule has 0 radical (unpaired) electrons. The number of carbonyl (C=O) groups excluding carboxylic acids is 1. The Hall–Kier alpha value is -2.65. The van der Waals surface area contributed by atoms with Crippen LogP contribution in [0.4, 0.5) is 15.8 Å². The van der Waals surface area contributed by atoms with Crippen LogP contribution in [0.2, 0.25) is 0 Å². The molecule has 1 N–H and O–H groups in total. The van der Waals surface area contributed by atoms with E-state index in [4.69, 9.17) is 0 Å². The molecule has 0 aromatic heterocycles. The summed E-state index contributed by atoms with van der Waals surface area (Å²) >= 11 is 0. The van der Waals surface area contributed by atoms with Crippen LogP contribution in [0.25, 0.3) is 0 Å². The molecule has 7 nitrogen and oxygen atoms in total. The summed E-state index contributed by atoms with van der Waals surface area (Å²) in [5.74, 6) is -1.03. The Kier molecular flexibility index (Phi) is 7.17. The summed E-state index contributed by atoms with van der Waals surface area (Å²) in [5, 5.41) is 2.78. The molecular formula is C22H29FN4O3S. The van der Waals surface area contributed by atoms with Gasteiger partial charge in [-0.15, -0.1) is 0 Å². The Labute approximate surface area is 183 Å². The zero-order valence-corrected chi connectivity index (χ0v) is 18.9. The highest BCUT2D eigenvalue weighted by molar-refractivity contribution is 7.92. The first-order chi connectivity index (χ1) is 14.6. The van der Waals surface area contributed by atoms with E-state index in [1.165, 1.54) is 25.1 Å². The molecule has 1 heterocycles. The number of hydrogen-bond donors (Lipinski definition) is 1. The molecule has 1 atom stereocenters. The van der Waals surface area contributed by atoms with Crippen molar-refractivity contribution in [2.24, 2.45) is 0 Å². The Morgan fingerprint density at radius 1 is 1.13 bits per heavy atom. The smallest absolute Gasteiger partial charge is 0.243 e. The summed E-state index contributed by atoms with van der Waals surface area (Å²) in [4.78, 5) is 17.3. The summed E-state index contributed by atoms with van der Waals surface area (Å²) in [6.07, 6.45) is 0.999. The fourth-order valence-corrected chi connectivity index (χ4v) is 4.81. The number of sulfonamides is 1. The van der Waals surface area contributed by atoms with Gasteiger partial charge in [0, 0.05) is 38.4 Å². The second-order valence-electron chi connectivity index (χ2n) is 7.89. The predicted molar refractivity (Wildman–Crippen MR) is 121 cm³/mol. The quantitative estimate of drug-likeness (QED) is 0.702. The molecule has 168 valence electrons. The van der Waals surface area contributed by atoms with Crippen LogP contribution in [0.3, 0.4) is 0 Å². The van der Waals surface area contributed by atoms with Gasteiger partial charge in [-0.25, -0.2) is 12.8 Å². The van der Waals surface area contributed by atoms with Crippen molar-refractivity contribution in [1.29, 1.82) is 0 Å². The van der Waals surface area contributed by atoms with Gasteiger partial charge >= 0.3 is 0 Å². The molecule has 3 rings (SSSR count). The Bertz CT molecular complexity index is 1010. The molecular weight excluding hydrogens is 419 g/mol. The molecule has 1 fully saturated rings. The molecule has 0 saturated carbocycles. The van der Waals surface area contributed by atoms with Crippen molar-refractivity contribution in [3.8, 4) is 0 Å². The highest BCUT2D eigenvalue weighted by atomic mass is 32.2. The van der Waals surface area contributed by atoms with E-state index in [-0.39, 0.29) is 12.2 Å². The average Bonchev–Trinajstić information content (AvgIpc) is 2.72. The van der Waals surface area contributed by atoms with Crippen LogP contribution >= 0.6 is 0 Å². The van der Waals surface area contributed by atoms with Crippen LogP contribution in [0.15, 0.2) is 48.5 Å². The molecule has 1 amide bonds. The molecule has 31 heavy (non-hydrogen) atoms. The van der Waals surface area contributed by atoms with Crippen LogP contribution in [0.5, 0.6) is 0 Å². The van der Waals surface area contributed by atoms with Crippen LogP contribution in [-0.4, -0.2) is 64.7 Å². The average molecular weight is 449 g/mol. The maximum absolute atomic E-state index is 13.6. The van der Waals surface area contributed by atoms with Crippen LogP contribution < -0.4 is 14.5 Å². The Morgan fingerprint density at radius 2 is 1.77 bits per heavy atom. The summed E-state index contributed by atoms with van der Waals surface area (Å²) in [6, 6.07) is 12.2. The van der Waals surface area contributed by atoms with Crippen molar-refractivity contribution < 1.29 is 17.6 Å². The Morgan fingerprint density at radius 3 is 2.35 bits per heavy atom. The number of piperazine rings is 1. The highest BCUT2D eigenvalue weighted by Gasteiger charge is 2.29. The summed E-state index contributed by atoms with van der Waals surface area (Å²) in [5.41, 5.74) is 2.17. The zero-order valence-electron chi connectivity index (χ0n) is 18.1. The molecule has 2 aromatic carbocycles. The van der Waals surface area contributed by atoms with E-state index in [2.05, 4.69) is 22.2 Å². The monoisotopic (exact) mass is 448 g/mol. The predicted octanol–water partition coefficient (Wildman–Crippen LogP) is 2.05. The van der Waals surface area contributed by atoms with Gasteiger partial charge in [0.1, 0.15) is 11.9 Å². The number of carbonyl (C=O) groups is 1. The topological polar surface area (TPSA) is 73.0 Å². The third kappa shape index (κ3) is 5.95. The summed E-state index contributed by atoms with van der Waals surface area (Å²) < 4.78 is 39.1. The second kappa shape index (κ2) is 9.65. The minimum absolute atomic E-state index is 0.113. The first-order valence-electron chi connectivity index (χ1n) is 10.2. The summed E-state index contributed by atoms with van der Waals surface area (Å²) in [6.45, 7) is 5.76. The van der Waals surface area contributed by atoms with Crippen molar-refractivity contribution in [2.75, 3.05) is 48.7 Å². The Balaban J connectivity index is 1.63. The fourth-order valence-electron chi connectivity index (χ4n) is 3.65. The maximum atomic E-state index is 13.6. The van der Waals surface area contributed by atoms with Gasteiger partial charge in [-0.2, -0.15) is 0 Å². The first-order valence-corrected chi connectivity index (χ1v) is 12.0. The second-order valence-corrected chi connectivity index (χ2v) is 9.75. The van der Waals surface area contributed by atoms with Gasteiger partial charge < -0.3 is 15.1 Å². The standard InChI is InChI=1S/C22H29FN4O3S/c1-17(27(31(3,29)30)21-6-4-5-19(23)15-21)22(28)24-16-18-7-9-20(10-8-18)26-13-11-25(2)12-14-26/h4-10,15,17H,11-14,16H2,1-3H3,(H,24,28)/t17-/m1/s1. The van der Waals surface area contributed by atoms with E-state index in [1.54, 1.807) is 0 Å². The van der Waals surface area contributed by atoms with Gasteiger partial charge in [0.25, 0.3) is 0 Å². The van der Waals surface area contributed by atoms with Crippen LogP contribution in [0.1, 0.15) is 12.5 Å². The minimum Gasteiger partial charge on any atom is -0.369 e. The SMILES string of the molecule is C[C@H](C(=O)NCc1ccc(N2CCN(C)CC2)cc1)N(c1cccc(F)c1)S(C)(=O)=O. The molecule has 1 saturated heterocycles. The van der Waals surface area contributed by atoms with E-state index < -0.39 is 27.8 Å². The lowest BCUT2D eigenvalue weighted by Crippen LogP contribution is -2.47. The number of anilines is 2.